The van der Waals surface area contributed by atoms with Crippen LogP contribution in [0.2, 0.25) is 0 Å². The zero-order valence-corrected chi connectivity index (χ0v) is 26.5. The molecule has 48 heavy (non-hydrogen) atoms. The van der Waals surface area contributed by atoms with E-state index in [1.54, 1.807) is 0 Å². The van der Waals surface area contributed by atoms with E-state index in [0.29, 0.717) is 0 Å². The lowest BCUT2D eigenvalue weighted by Crippen LogP contribution is -1.92. The molecular weight excluding hydrogens is 577 g/mol. The number of hydrogen-bond acceptors (Lipinski definition) is 0. The molecule has 0 bridgehead atoms. The number of hydrogen-bond donors (Lipinski definition) is 0. The molecule has 224 valence electrons. The smallest absolute Gasteiger partial charge is 0.00261 e. The average Bonchev–Trinajstić information content (AvgIpc) is 3.17. The molecule has 9 aromatic rings. The fourth-order valence-electron chi connectivity index (χ4n) is 7.47. The van der Waals surface area contributed by atoms with Crippen molar-refractivity contribution >= 4 is 32.3 Å². The molecule has 0 nitrogen and oxygen atoms in total. The zero-order valence-electron chi connectivity index (χ0n) is 26.5. The van der Waals surface area contributed by atoms with Crippen molar-refractivity contribution in [3.8, 4) is 55.6 Å². The van der Waals surface area contributed by atoms with Crippen molar-refractivity contribution in [2.45, 2.75) is 0 Å². The lowest BCUT2D eigenvalue weighted by molar-refractivity contribution is 1.58. The SMILES string of the molecule is c1ccc(-c2ccccc2-c2ccc(-c3c4ccccc4c(-c4ccccc4)c4ccc(-c5cccc6ccccc56)cc34)cc2)cc1. The van der Waals surface area contributed by atoms with Gasteiger partial charge in [-0.25, -0.2) is 0 Å². The standard InChI is InChI=1S/C48H32/c1-3-14-33(15-4-1)39-21-9-10-22-41(39)35-26-28-37(29-27-35)48-44-24-12-11-23-43(44)47(36-17-5-2-6-18-36)45-31-30-38(32-46(45)48)42-25-13-19-34-16-7-8-20-40(34)42/h1-32H. The second-order valence-corrected chi connectivity index (χ2v) is 12.4. The molecule has 0 saturated carbocycles. The Hall–Kier alpha value is -6.24. The molecule has 0 saturated heterocycles. The minimum Gasteiger partial charge on any atom is -0.0622 e. The molecule has 0 spiro atoms. The van der Waals surface area contributed by atoms with Crippen molar-refractivity contribution in [3.63, 3.8) is 0 Å². The molecule has 0 heteroatoms. The Balaban J connectivity index is 1.30. The molecule has 0 fully saturated rings. The highest BCUT2D eigenvalue weighted by Gasteiger charge is 2.18. The molecule has 0 N–H and O–H groups in total. The largest absolute Gasteiger partial charge is 0.0622 e. The molecule has 0 unspecified atom stereocenters. The third-order valence-corrected chi connectivity index (χ3v) is 9.68. The molecule has 9 rings (SSSR count). The maximum atomic E-state index is 2.42. The van der Waals surface area contributed by atoms with Crippen LogP contribution in [0.1, 0.15) is 0 Å². The van der Waals surface area contributed by atoms with E-state index in [0.717, 1.165) is 0 Å². The molecular formula is C48H32. The second kappa shape index (κ2) is 11.8. The van der Waals surface area contributed by atoms with E-state index in [2.05, 4.69) is 194 Å². The van der Waals surface area contributed by atoms with Gasteiger partial charge in [-0.3, -0.25) is 0 Å². The molecule has 0 aliphatic heterocycles. The summed E-state index contributed by atoms with van der Waals surface area (Å²) in [5.74, 6) is 0. The normalized spacial score (nSPS) is 11.3. The summed E-state index contributed by atoms with van der Waals surface area (Å²) in [5, 5.41) is 7.57. The lowest BCUT2D eigenvalue weighted by Gasteiger charge is -2.19. The van der Waals surface area contributed by atoms with Crippen LogP contribution in [0, 0.1) is 0 Å². The molecule has 9 aromatic carbocycles. The molecule has 0 radical (unpaired) electrons. The van der Waals surface area contributed by atoms with Gasteiger partial charge in [-0.1, -0.05) is 188 Å². The molecule has 0 amide bonds. The van der Waals surface area contributed by atoms with E-state index in [1.807, 2.05) is 0 Å². The summed E-state index contributed by atoms with van der Waals surface area (Å²) < 4.78 is 0. The van der Waals surface area contributed by atoms with Crippen LogP contribution in [0.4, 0.5) is 0 Å². The van der Waals surface area contributed by atoms with E-state index < -0.39 is 0 Å². The Morgan fingerprint density at radius 3 is 1.31 bits per heavy atom. The van der Waals surface area contributed by atoms with Crippen LogP contribution in [0.3, 0.4) is 0 Å². The Labute approximate surface area is 281 Å². The van der Waals surface area contributed by atoms with Gasteiger partial charge in [-0.2, -0.15) is 0 Å². The summed E-state index contributed by atoms with van der Waals surface area (Å²) in [6, 6.07) is 70.7. The topological polar surface area (TPSA) is 0 Å². The Morgan fingerprint density at radius 2 is 0.625 bits per heavy atom. The van der Waals surface area contributed by atoms with Gasteiger partial charge in [0.15, 0.2) is 0 Å². The minimum atomic E-state index is 1.21. The van der Waals surface area contributed by atoms with E-state index in [-0.39, 0.29) is 0 Å². The van der Waals surface area contributed by atoms with Gasteiger partial charge in [0, 0.05) is 0 Å². The third kappa shape index (κ3) is 4.78. The first-order chi connectivity index (χ1) is 23.8. The van der Waals surface area contributed by atoms with Crippen LogP contribution in [0.5, 0.6) is 0 Å². The first-order valence-corrected chi connectivity index (χ1v) is 16.6. The van der Waals surface area contributed by atoms with E-state index in [9.17, 15) is 0 Å². The number of benzene rings is 9. The quantitative estimate of drug-likeness (QED) is 0.171. The maximum Gasteiger partial charge on any atom is -0.00261 e. The highest BCUT2D eigenvalue weighted by molar-refractivity contribution is 6.22. The first kappa shape index (κ1) is 28.0. The molecule has 0 atom stereocenters. The predicted molar refractivity (Wildman–Crippen MR) is 206 cm³/mol. The monoisotopic (exact) mass is 608 g/mol. The van der Waals surface area contributed by atoms with Crippen molar-refractivity contribution < 1.29 is 0 Å². The Kier molecular flexibility index (Phi) is 6.91. The average molecular weight is 609 g/mol. The fraction of sp³-hybridized carbons (Fsp3) is 0. The zero-order chi connectivity index (χ0) is 31.9. The van der Waals surface area contributed by atoms with Crippen LogP contribution in [-0.4, -0.2) is 0 Å². The summed E-state index contributed by atoms with van der Waals surface area (Å²) in [5.41, 5.74) is 12.4. The third-order valence-electron chi connectivity index (χ3n) is 9.68. The lowest BCUT2D eigenvalue weighted by atomic mass is 9.84. The summed E-state index contributed by atoms with van der Waals surface area (Å²) in [6.07, 6.45) is 0. The molecule has 0 aliphatic carbocycles. The molecule has 0 aromatic heterocycles. The van der Waals surface area contributed by atoms with Crippen molar-refractivity contribution in [2.24, 2.45) is 0 Å². The van der Waals surface area contributed by atoms with Crippen LogP contribution >= 0.6 is 0 Å². The van der Waals surface area contributed by atoms with Crippen molar-refractivity contribution in [2.75, 3.05) is 0 Å². The van der Waals surface area contributed by atoms with Gasteiger partial charge >= 0.3 is 0 Å². The van der Waals surface area contributed by atoms with Gasteiger partial charge < -0.3 is 0 Å². The molecule has 0 aliphatic rings. The van der Waals surface area contributed by atoms with Crippen LogP contribution in [0.15, 0.2) is 194 Å². The minimum absolute atomic E-state index is 1.21. The summed E-state index contributed by atoms with van der Waals surface area (Å²) in [7, 11) is 0. The van der Waals surface area contributed by atoms with Crippen LogP contribution < -0.4 is 0 Å². The van der Waals surface area contributed by atoms with E-state index in [4.69, 9.17) is 0 Å². The summed E-state index contributed by atoms with van der Waals surface area (Å²) in [6.45, 7) is 0. The van der Waals surface area contributed by atoms with Crippen LogP contribution in [-0.2, 0) is 0 Å². The van der Waals surface area contributed by atoms with Gasteiger partial charge in [0.1, 0.15) is 0 Å². The second-order valence-electron chi connectivity index (χ2n) is 12.4. The fourth-order valence-corrected chi connectivity index (χ4v) is 7.47. The Morgan fingerprint density at radius 1 is 0.208 bits per heavy atom. The highest BCUT2D eigenvalue weighted by Crippen LogP contribution is 2.45. The summed E-state index contributed by atoms with van der Waals surface area (Å²) >= 11 is 0. The van der Waals surface area contributed by atoms with Gasteiger partial charge in [0.05, 0.1) is 0 Å². The number of fused-ring (bicyclic) bond motifs is 3. The van der Waals surface area contributed by atoms with E-state index in [1.165, 1.54) is 88.0 Å². The van der Waals surface area contributed by atoms with Crippen molar-refractivity contribution in [3.05, 3.63) is 194 Å². The maximum absolute atomic E-state index is 2.42. The highest BCUT2D eigenvalue weighted by atomic mass is 14.2. The van der Waals surface area contributed by atoms with Crippen LogP contribution in [0.25, 0.3) is 88.0 Å². The Bertz CT molecular complexity index is 2570. The van der Waals surface area contributed by atoms with Gasteiger partial charge in [0.25, 0.3) is 0 Å². The predicted octanol–water partition coefficient (Wildman–Crippen LogP) is 13.5. The van der Waals surface area contributed by atoms with Crippen molar-refractivity contribution in [1.82, 2.24) is 0 Å². The summed E-state index contributed by atoms with van der Waals surface area (Å²) in [4.78, 5) is 0. The van der Waals surface area contributed by atoms with Gasteiger partial charge in [-0.15, -0.1) is 0 Å². The molecule has 0 heterocycles. The van der Waals surface area contributed by atoms with E-state index >= 15 is 0 Å². The van der Waals surface area contributed by atoms with Gasteiger partial charge in [-0.05, 0) is 94.0 Å². The first-order valence-electron chi connectivity index (χ1n) is 16.6. The van der Waals surface area contributed by atoms with Gasteiger partial charge in [0.2, 0.25) is 0 Å². The number of rotatable bonds is 5. The van der Waals surface area contributed by atoms with Crippen molar-refractivity contribution in [1.29, 1.82) is 0 Å².